The van der Waals surface area contributed by atoms with Crippen molar-refractivity contribution in [3.05, 3.63) is 4.91 Å². The molecule has 0 spiro atoms. The van der Waals surface area contributed by atoms with Crippen LogP contribution in [0.15, 0.2) is 4.63 Å². The van der Waals surface area contributed by atoms with Crippen LogP contribution in [-0.4, -0.2) is 37.6 Å². The number of ether oxygens (including phenoxy) is 1. The largest absolute Gasteiger partial charge is 0.478 e. The highest BCUT2D eigenvalue weighted by molar-refractivity contribution is 5.67. The Morgan fingerprint density at radius 1 is 1.40 bits per heavy atom. The minimum atomic E-state index is -0.536. The summed E-state index contributed by atoms with van der Waals surface area (Å²) in [6.45, 7) is 0. The number of hydrazine groups is 1. The second-order valence-corrected chi connectivity index (χ2v) is 2.38. The molecule has 0 saturated heterocycles. The number of anilines is 1. The van der Waals surface area contributed by atoms with Gasteiger partial charge in [0.15, 0.2) is 0 Å². The summed E-state index contributed by atoms with van der Waals surface area (Å²) in [5, 5.41) is 14.7. The maximum Gasteiger partial charge on any atom is 0.361 e. The molecule has 0 bridgehead atoms. The van der Waals surface area contributed by atoms with Gasteiger partial charge < -0.3 is 4.74 Å². The van der Waals surface area contributed by atoms with Crippen LogP contribution in [0.25, 0.3) is 11.3 Å². The second kappa shape index (κ2) is 3.32. The third kappa shape index (κ3) is 1.59. The van der Waals surface area contributed by atoms with E-state index in [-0.39, 0.29) is 23.0 Å². The van der Waals surface area contributed by atoms with Gasteiger partial charge in [0.25, 0.3) is 11.7 Å². The lowest BCUT2D eigenvalue weighted by molar-refractivity contribution is -0.770. The third-order valence-electron chi connectivity index (χ3n) is 1.48. The maximum atomic E-state index is 10.3. The van der Waals surface area contributed by atoms with Crippen LogP contribution in [0.5, 0.6) is 5.88 Å². The molecule has 2 rings (SSSR count). The minimum Gasteiger partial charge on any atom is -0.478 e. The molecule has 78 valence electrons. The van der Waals surface area contributed by atoms with E-state index in [1.807, 2.05) is 5.43 Å². The van der Waals surface area contributed by atoms with Crippen LogP contribution < -0.4 is 10.2 Å². The molecule has 0 atom stereocenters. The van der Waals surface area contributed by atoms with Crippen molar-refractivity contribution < 1.29 is 19.6 Å². The van der Waals surface area contributed by atoms with E-state index in [4.69, 9.17) is 9.94 Å². The van der Waals surface area contributed by atoms with Crippen LogP contribution in [0.4, 0.5) is 5.82 Å². The lowest BCUT2D eigenvalue weighted by atomic mass is 10.6. The Balaban J connectivity index is 2.54. The van der Waals surface area contributed by atoms with E-state index < -0.39 is 5.03 Å². The number of fused-ring (bicyclic) bond motifs is 1. The van der Waals surface area contributed by atoms with Crippen molar-refractivity contribution in [2.45, 2.75) is 0 Å². The number of nitrogens with zero attached hydrogens (tertiary/aromatic N) is 5. The molecule has 0 amide bonds. The van der Waals surface area contributed by atoms with Gasteiger partial charge in [0.05, 0.1) is 7.11 Å². The topological polar surface area (TPSA) is 126 Å². The van der Waals surface area contributed by atoms with Crippen molar-refractivity contribution in [1.29, 1.82) is 0 Å². The SMILES string of the molecule is COc1nc2nonc2nc1N[N+](=O)O. The first kappa shape index (κ1) is 9.05. The van der Waals surface area contributed by atoms with Gasteiger partial charge >= 0.3 is 5.03 Å². The molecule has 0 radical (unpaired) electrons. The first-order chi connectivity index (χ1) is 7.20. The van der Waals surface area contributed by atoms with Gasteiger partial charge in [0.1, 0.15) is 4.91 Å². The molecule has 0 fully saturated rings. The molecule has 15 heavy (non-hydrogen) atoms. The molecule has 0 saturated carbocycles. The number of nitrogens with one attached hydrogen (secondary N) is 1. The summed E-state index contributed by atoms with van der Waals surface area (Å²) in [6, 6.07) is 0. The molecule has 2 aromatic rings. The van der Waals surface area contributed by atoms with E-state index in [0.29, 0.717) is 0 Å². The average molecular weight is 213 g/mol. The predicted octanol–water partition coefficient (Wildman–Crippen LogP) is -0.484. The van der Waals surface area contributed by atoms with Crippen LogP contribution in [0, 0.1) is 4.91 Å². The zero-order chi connectivity index (χ0) is 10.8. The Labute approximate surface area is 81.3 Å². The molecule has 0 aliphatic rings. The molecular formula is C5H5N6O4+. The van der Waals surface area contributed by atoms with Crippen molar-refractivity contribution in [3.63, 3.8) is 0 Å². The van der Waals surface area contributed by atoms with Gasteiger partial charge in [0.2, 0.25) is 11.3 Å². The highest BCUT2D eigenvalue weighted by Crippen LogP contribution is 2.20. The normalized spacial score (nSPS) is 10.2. The third-order valence-corrected chi connectivity index (χ3v) is 1.48. The summed E-state index contributed by atoms with van der Waals surface area (Å²) in [5.41, 5.74) is 2.15. The van der Waals surface area contributed by atoms with E-state index >= 15 is 0 Å². The summed E-state index contributed by atoms with van der Waals surface area (Å²) < 4.78 is 9.16. The Morgan fingerprint density at radius 3 is 2.67 bits per heavy atom. The molecule has 0 aliphatic carbocycles. The van der Waals surface area contributed by atoms with Crippen molar-refractivity contribution in [2.75, 3.05) is 12.5 Å². The van der Waals surface area contributed by atoms with Gasteiger partial charge in [-0.2, -0.15) is 9.97 Å². The molecule has 0 aliphatic heterocycles. The predicted molar refractivity (Wildman–Crippen MR) is 43.0 cm³/mol. The zero-order valence-corrected chi connectivity index (χ0v) is 7.41. The standard InChI is InChI=1S/C5H5N6O4/c1-14-5-4(8-11(12)13)6-2-3(7-5)10-15-9-2/h1H3,(H,12,13)(H,6,8,9)/q+1. The zero-order valence-electron chi connectivity index (χ0n) is 7.41. The van der Waals surface area contributed by atoms with Gasteiger partial charge in [-0.25, -0.2) is 9.84 Å². The fourth-order valence-electron chi connectivity index (χ4n) is 0.929. The summed E-state index contributed by atoms with van der Waals surface area (Å²) in [6.07, 6.45) is 0. The quantitative estimate of drug-likeness (QED) is 0.649. The molecule has 2 N–H and O–H groups in total. The number of aromatic nitrogens is 4. The molecule has 2 aromatic heterocycles. The lowest BCUT2D eigenvalue weighted by Crippen LogP contribution is -2.13. The van der Waals surface area contributed by atoms with Crippen LogP contribution in [0.3, 0.4) is 0 Å². The fourth-order valence-corrected chi connectivity index (χ4v) is 0.929. The van der Waals surface area contributed by atoms with Crippen LogP contribution in [0.2, 0.25) is 0 Å². The Kier molecular flexibility index (Phi) is 2.00. The first-order valence-corrected chi connectivity index (χ1v) is 3.68. The summed E-state index contributed by atoms with van der Waals surface area (Å²) in [4.78, 5) is 17.9. The van der Waals surface area contributed by atoms with Crippen LogP contribution in [-0.2, 0) is 0 Å². The highest BCUT2D eigenvalue weighted by atomic mass is 16.7. The average Bonchev–Trinajstić information content (AvgIpc) is 2.62. The summed E-state index contributed by atoms with van der Waals surface area (Å²) in [5.74, 6) is -0.119. The van der Waals surface area contributed by atoms with Gasteiger partial charge in [-0.05, 0) is 15.7 Å². The fraction of sp³-hybridized carbons (Fsp3) is 0.200. The summed E-state index contributed by atoms with van der Waals surface area (Å²) >= 11 is 0. The van der Waals surface area contributed by atoms with Crippen LogP contribution in [0.1, 0.15) is 0 Å². The minimum absolute atomic E-state index is 0.0203. The van der Waals surface area contributed by atoms with Gasteiger partial charge in [-0.3, -0.25) is 0 Å². The monoisotopic (exact) mass is 213 g/mol. The van der Waals surface area contributed by atoms with Crippen molar-refractivity contribution in [2.24, 2.45) is 0 Å². The summed E-state index contributed by atoms with van der Waals surface area (Å²) in [7, 11) is 1.32. The van der Waals surface area contributed by atoms with Crippen molar-refractivity contribution in [1.82, 2.24) is 20.3 Å². The smallest absolute Gasteiger partial charge is 0.361 e. The van der Waals surface area contributed by atoms with E-state index in [1.165, 1.54) is 7.11 Å². The van der Waals surface area contributed by atoms with Gasteiger partial charge in [-0.15, -0.1) is 0 Å². The van der Waals surface area contributed by atoms with E-state index in [2.05, 4.69) is 24.9 Å². The molecule has 10 nitrogen and oxygen atoms in total. The van der Waals surface area contributed by atoms with Gasteiger partial charge in [-0.1, -0.05) is 0 Å². The lowest BCUT2D eigenvalue weighted by Gasteiger charge is -1.99. The molecule has 2 heterocycles. The Morgan fingerprint density at radius 2 is 2.07 bits per heavy atom. The van der Waals surface area contributed by atoms with E-state index in [9.17, 15) is 4.91 Å². The maximum absolute atomic E-state index is 10.3. The number of methoxy groups -OCH3 is 1. The van der Waals surface area contributed by atoms with Crippen LogP contribution >= 0.6 is 0 Å². The van der Waals surface area contributed by atoms with Crippen molar-refractivity contribution in [3.8, 4) is 5.88 Å². The van der Waals surface area contributed by atoms with Crippen molar-refractivity contribution >= 4 is 17.1 Å². The molecule has 0 unspecified atom stereocenters. The molecule has 0 aromatic carbocycles. The number of rotatable bonds is 3. The second-order valence-electron chi connectivity index (χ2n) is 2.38. The highest BCUT2D eigenvalue weighted by Gasteiger charge is 2.18. The first-order valence-electron chi connectivity index (χ1n) is 3.68. The Bertz CT molecular complexity index is 509. The van der Waals surface area contributed by atoms with E-state index in [0.717, 1.165) is 0 Å². The van der Waals surface area contributed by atoms with Gasteiger partial charge in [0, 0.05) is 0 Å². The number of hydrogen-bond donors (Lipinski definition) is 2. The number of hydrogen-bond acceptors (Lipinski definition) is 7. The van der Waals surface area contributed by atoms with E-state index in [1.54, 1.807) is 0 Å². The Hall–Kier alpha value is -2.52. The molecule has 10 heteroatoms. The molecular weight excluding hydrogens is 208 g/mol.